The van der Waals surface area contributed by atoms with Gasteiger partial charge in [0.1, 0.15) is 6.61 Å². The fourth-order valence-corrected chi connectivity index (χ4v) is 1.12. The van der Waals surface area contributed by atoms with E-state index in [0.29, 0.717) is 6.54 Å². The maximum absolute atomic E-state index is 11.2. The van der Waals surface area contributed by atoms with Gasteiger partial charge in [0.2, 0.25) is 0 Å². The third-order valence-corrected chi connectivity index (χ3v) is 2.23. The zero-order valence-electron chi connectivity index (χ0n) is 9.89. The van der Waals surface area contributed by atoms with Gasteiger partial charge in [0.05, 0.1) is 0 Å². The Morgan fingerprint density at radius 2 is 2.06 bits per heavy atom. The summed E-state index contributed by atoms with van der Waals surface area (Å²) in [4.78, 5) is 11.2. The Labute approximate surface area is 108 Å². The highest BCUT2D eigenvalue weighted by atomic mass is 35.5. The van der Waals surface area contributed by atoms with E-state index in [4.69, 9.17) is 10.5 Å². The topological polar surface area (TPSA) is 64.3 Å². The van der Waals surface area contributed by atoms with Crippen molar-refractivity contribution < 1.29 is 9.53 Å². The van der Waals surface area contributed by atoms with Crippen molar-refractivity contribution in [3.05, 3.63) is 35.9 Å². The van der Waals surface area contributed by atoms with Crippen molar-refractivity contribution in [1.82, 2.24) is 5.32 Å². The van der Waals surface area contributed by atoms with Gasteiger partial charge in [0.15, 0.2) is 0 Å². The van der Waals surface area contributed by atoms with E-state index < -0.39 is 6.09 Å². The van der Waals surface area contributed by atoms with Crippen LogP contribution in [0.15, 0.2) is 30.3 Å². The standard InChI is InChI=1S/C12H18N2O2.ClH/c1-2-11(13)9-16-12(15)14-8-10-6-4-3-5-7-10;/h3-7,11H,2,8-9,13H2,1H3,(H,14,15);1H/t11-;/m1./s1. The average molecular weight is 259 g/mol. The summed E-state index contributed by atoms with van der Waals surface area (Å²) < 4.78 is 4.94. The van der Waals surface area contributed by atoms with Gasteiger partial charge in [0, 0.05) is 12.6 Å². The monoisotopic (exact) mass is 258 g/mol. The molecule has 0 unspecified atom stereocenters. The van der Waals surface area contributed by atoms with Crippen LogP contribution < -0.4 is 11.1 Å². The van der Waals surface area contributed by atoms with Gasteiger partial charge in [-0.05, 0) is 12.0 Å². The van der Waals surface area contributed by atoms with Crippen molar-refractivity contribution in [3.8, 4) is 0 Å². The second-order valence-corrected chi connectivity index (χ2v) is 3.61. The van der Waals surface area contributed by atoms with Crippen LogP contribution in [0.5, 0.6) is 0 Å². The minimum absolute atomic E-state index is 0. The fourth-order valence-electron chi connectivity index (χ4n) is 1.12. The molecule has 96 valence electrons. The third kappa shape index (κ3) is 6.81. The highest BCUT2D eigenvalue weighted by molar-refractivity contribution is 5.85. The van der Waals surface area contributed by atoms with E-state index in [-0.39, 0.29) is 25.1 Å². The van der Waals surface area contributed by atoms with Gasteiger partial charge >= 0.3 is 6.09 Å². The van der Waals surface area contributed by atoms with Gasteiger partial charge in [-0.2, -0.15) is 0 Å². The summed E-state index contributed by atoms with van der Waals surface area (Å²) >= 11 is 0. The molecule has 0 fully saturated rings. The first kappa shape index (κ1) is 15.7. The molecule has 0 aromatic heterocycles. The molecule has 4 nitrogen and oxygen atoms in total. The van der Waals surface area contributed by atoms with Crippen molar-refractivity contribution in [2.75, 3.05) is 6.61 Å². The fraction of sp³-hybridized carbons (Fsp3) is 0.417. The third-order valence-electron chi connectivity index (χ3n) is 2.23. The molecule has 1 aromatic rings. The smallest absolute Gasteiger partial charge is 0.407 e. The molecule has 1 aromatic carbocycles. The molecule has 5 heteroatoms. The molecule has 0 radical (unpaired) electrons. The zero-order valence-corrected chi connectivity index (χ0v) is 10.7. The normalized spacial score (nSPS) is 11.2. The highest BCUT2D eigenvalue weighted by Gasteiger charge is 2.04. The van der Waals surface area contributed by atoms with Gasteiger partial charge in [0.25, 0.3) is 0 Å². The quantitative estimate of drug-likeness (QED) is 0.850. The number of amides is 1. The molecule has 0 bridgehead atoms. The van der Waals surface area contributed by atoms with Crippen LogP contribution in [-0.4, -0.2) is 18.7 Å². The SMILES string of the molecule is CC[C@@H](N)COC(=O)NCc1ccccc1.Cl. The molecule has 0 aliphatic rings. The molecule has 1 rings (SSSR count). The Balaban J connectivity index is 0.00000256. The lowest BCUT2D eigenvalue weighted by Gasteiger charge is -2.10. The number of ether oxygens (including phenoxy) is 1. The van der Waals surface area contributed by atoms with Crippen LogP contribution in [0.4, 0.5) is 4.79 Å². The van der Waals surface area contributed by atoms with Gasteiger partial charge in [-0.15, -0.1) is 12.4 Å². The number of halogens is 1. The van der Waals surface area contributed by atoms with Crippen molar-refractivity contribution in [1.29, 1.82) is 0 Å². The van der Waals surface area contributed by atoms with E-state index in [1.54, 1.807) is 0 Å². The molecular formula is C12H19ClN2O2. The van der Waals surface area contributed by atoms with Gasteiger partial charge in [-0.1, -0.05) is 37.3 Å². The lowest BCUT2D eigenvalue weighted by Crippen LogP contribution is -2.31. The van der Waals surface area contributed by atoms with Crippen LogP contribution in [0.3, 0.4) is 0 Å². The lowest BCUT2D eigenvalue weighted by molar-refractivity contribution is 0.138. The summed E-state index contributed by atoms with van der Waals surface area (Å²) in [6.45, 7) is 2.69. The average Bonchev–Trinajstić information content (AvgIpc) is 2.34. The van der Waals surface area contributed by atoms with Crippen molar-refractivity contribution in [3.63, 3.8) is 0 Å². The van der Waals surface area contributed by atoms with Crippen LogP contribution in [-0.2, 0) is 11.3 Å². The van der Waals surface area contributed by atoms with E-state index in [0.717, 1.165) is 12.0 Å². The summed E-state index contributed by atoms with van der Waals surface area (Å²) in [5.41, 5.74) is 6.66. The predicted octanol–water partition coefficient (Wildman–Crippen LogP) is 2.07. The molecule has 17 heavy (non-hydrogen) atoms. The second kappa shape index (κ2) is 8.84. The molecule has 0 saturated heterocycles. The zero-order chi connectivity index (χ0) is 11.8. The number of hydrogen-bond donors (Lipinski definition) is 2. The summed E-state index contributed by atoms with van der Waals surface area (Å²) in [6, 6.07) is 9.59. The minimum Gasteiger partial charge on any atom is -0.448 e. The van der Waals surface area contributed by atoms with E-state index >= 15 is 0 Å². The van der Waals surface area contributed by atoms with E-state index in [9.17, 15) is 4.79 Å². The number of carbonyl (C=O) groups is 1. The number of nitrogens with two attached hydrogens (primary N) is 1. The molecule has 1 amide bonds. The van der Waals surface area contributed by atoms with Gasteiger partial charge in [-0.3, -0.25) is 0 Å². The number of nitrogens with one attached hydrogen (secondary N) is 1. The van der Waals surface area contributed by atoms with E-state index in [2.05, 4.69) is 5.32 Å². The largest absolute Gasteiger partial charge is 0.448 e. The Kier molecular flexibility index (Phi) is 8.19. The summed E-state index contributed by atoms with van der Waals surface area (Å²) in [6.07, 6.45) is 0.374. The van der Waals surface area contributed by atoms with Crippen molar-refractivity contribution in [2.24, 2.45) is 5.73 Å². The van der Waals surface area contributed by atoms with Crippen LogP contribution >= 0.6 is 12.4 Å². The van der Waals surface area contributed by atoms with Crippen molar-refractivity contribution >= 4 is 18.5 Å². The number of alkyl carbamates (subject to hydrolysis) is 1. The second-order valence-electron chi connectivity index (χ2n) is 3.61. The molecule has 3 N–H and O–H groups in total. The van der Waals surface area contributed by atoms with E-state index in [1.807, 2.05) is 37.3 Å². The molecule has 0 spiro atoms. The predicted molar refractivity (Wildman–Crippen MR) is 70.1 cm³/mol. The Bertz CT molecular complexity index is 320. The highest BCUT2D eigenvalue weighted by Crippen LogP contribution is 1.97. The van der Waals surface area contributed by atoms with Gasteiger partial charge in [-0.25, -0.2) is 4.79 Å². The summed E-state index contributed by atoms with van der Waals surface area (Å²) in [5, 5.41) is 2.66. The molecule has 0 aliphatic carbocycles. The maximum atomic E-state index is 11.2. The first-order valence-corrected chi connectivity index (χ1v) is 5.42. The first-order chi connectivity index (χ1) is 7.72. The van der Waals surface area contributed by atoms with Crippen LogP contribution in [0.25, 0.3) is 0 Å². The Morgan fingerprint density at radius 3 is 2.65 bits per heavy atom. The Morgan fingerprint density at radius 1 is 1.41 bits per heavy atom. The summed E-state index contributed by atoms with van der Waals surface area (Å²) in [7, 11) is 0. The van der Waals surface area contributed by atoms with Gasteiger partial charge < -0.3 is 15.8 Å². The number of carbonyl (C=O) groups excluding carboxylic acids is 1. The lowest BCUT2D eigenvalue weighted by atomic mass is 10.2. The number of rotatable bonds is 5. The molecule has 1 atom stereocenters. The Hall–Kier alpha value is -1.26. The maximum Gasteiger partial charge on any atom is 0.407 e. The van der Waals surface area contributed by atoms with Crippen molar-refractivity contribution in [2.45, 2.75) is 25.9 Å². The summed E-state index contributed by atoms with van der Waals surface area (Å²) in [5.74, 6) is 0. The number of benzene rings is 1. The van der Waals surface area contributed by atoms with E-state index in [1.165, 1.54) is 0 Å². The molecule has 0 heterocycles. The van der Waals surface area contributed by atoms with Crippen LogP contribution in [0.1, 0.15) is 18.9 Å². The van der Waals surface area contributed by atoms with Crippen LogP contribution in [0, 0.1) is 0 Å². The molecule has 0 saturated carbocycles. The molecular weight excluding hydrogens is 240 g/mol. The minimum atomic E-state index is -0.423. The van der Waals surface area contributed by atoms with Crippen LogP contribution in [0.2, 0.25) is 0 Å². The number of hydrogen-bond acceptors (Lipinski definition) is 3. The first-order valence-electron chi connectivity index (χ1n) is 5.42. The molecule has 0 aliphatic heterocycles.